The van der Waals surface area contributed by atoms with Crippen molar-refractivity contribution in [3.05, 3.63) is 0 Å². The van der Waals surface area contributed by atoms with Crippen molar-refractivity contribution < 1.29 is 4.74 Å². The molecule has 0 radical (unpaired) electrons. The van der Waals surface area contributed by atoms with E-state index in [1.807, 2.05) is 0 Å². The van der Waals surface area contributed by atoms with Gasteiger partial charge in [-0.25, -0.2) is 0 Å². The Hall–Kier alpha value is 0.0899. The first kappa shape index (κ1) is 22.4. The lowest BCUT2D eigenvalue weighted by Crippen LogP contribution is -2.19. The average Bonchev–Trinajstić information content (AvgIpc) is 2.69. The molecule has 1 saturated heterocycles. The zero-order chi connectivity index (χ0) is 18.3. The van der Waals surface area contributed by atoms with Crippen LogP contribution in [0.2, 0.25) is 11.6 Å². The molecule has 0 bridgehead atoms. The van der Waals surface area contributed by atoms with E-state index in [1.54, 1.807) is 0 Å². The molecular formula is C23H46B2O. The highest BCUT2D eigenvalue weighted by molar-refractivity contribution is 7.01. The van der Waals surface area contributed by atoms with Gasteiger partial charge in [-0.05, 0) is 18.8 Å². The van der Waals surface area contributed by atoms with Crippen molar-refractivity contribution in [1.82, 2.24) is 0 Å². The minimum Gasteiger partial charge on any atom is -0.381 e. The van der Waals surface area contributed by atoms with Crippen LogP contribution in [0.15, 0.2) is 0 Å². The summed E-state index contributed by atoms with van der Waals surface area (Å²) in [6.07, 6.45) is 24.8. The Morgan fingerprint density at radius 3 is 1.54 bits per heavy atom. The van der Waals surface area contributed by atoms with E-state index in [0.717, 1.165) is 30.8 Å². The van der Waals surface area contributed by atoms with Gasteiger partial charge in [-0.15, -0.1) is 0 Å². The van der Waals surface area contributed by atoms with Crippen LogP contribution in [0, 0.1) is 5.92 Å². The molecule has 2 fully saturated rings. The van der Waals surface area contributed by atoms with E-state index >= 15 is 0 Å². The molecule has 2 rings (SSSR count). The molecule has 2 aliphatic rings. The Morgan fingerprint density at radius 1 is 0.500 bits per heavy atom. The quantitative estimate of drug-likeness (QED) is 0.511. The van der Waals surface area contributed by atoms with Gasteiger partial charge in [-0.2, -0.15) is 0 Å². The van der Waals surface area contributed by atoms with Gasteiger partial charge in [0.2, 0.25) is 0 Å². The Bertz CT molecular complexity index is 297. The van der Waals surface area contributed by atoms with E-state index in [9.17, 15) is 0 Å². The van der Waals surface area contributed by atoms with E-state index in [-0.39, 0.29) is 0 Å². The summed E-state index contributed by atoms with van der Waals surface area (Å²) in [6.45, 7) is 4.41. The molecule has 0 spiro atoms. The lowest BCUT2D eigenvalue weighted by molar-refractivity contribution is 0.115. The highest BCUT2D eigenvalue weighted by Crippen LogP contribution is 2.27. The Labute approximate surface area is 166 Å². The number of ether oxygens (including phenoxy) is 1. The van der Waals surface area contributed by atoms with Crippen LogP contribution in [-0.4, -0.2) is 27.6 Å². The highest BCUT2D eigenvalue weighted by Gasteiger charge is 2.17. The number of hydrogen-bond donors (Lipinski definition) is 0. The van der Waals surface area contributed by atoms with Crippen LogP contribution in [0.4, 0.5) is 0 Å². The minimum absolute atomic E-state index is 0.863. The van der Waals surface area contributed by atoms with E-state index in [4.69, 9.17) is 4.74 Å². The van der Waals surface area contributed by atoms with Crippen LogP contribution < -0.4 is 0 Å². The maximum atomic E-state index is 5.98. The van der Waals surface area contributed by atoms with Crippen molar-refractivity contribution in [1.29, 1.82) is 0 Å². The molecule has 0 aromatic carbocycles. The third kappa shape index (κ3) is 11.1. The second-order valence-electron chi connectivity index (χ2n) is 9.65. The fraction of sp³-hybridized carbons (Fsp3) is 1.00. The van der Waals surface area contributed by atoms with Crippen LogP contribution in [0.1, 0.15) is 116 Å². The summed E-state index contributed by atoms with van der Waals surface area (Å²) in [5, 5.41) is 0. The van der Waals surface area contributed by atoms with Gasteiger partial charge in [0, 0.05) is 13.2 Å². The first-order valence-corrected chi connectivity index (χ1v) is 12.4. The first-order chi connectivity index (χ1) is 12.8. The smallest absolute Gasteiger partial charge is 0.0909 e. The summed E-state index contributed by atoms with van der Waals surface area (Å²) in [4.78, 5) is 0. The Kier molecular flexibility index (Phi) is 13.0. The van der Waals surface area contributed by atoms with Gasteiger partial charge in [0.1, 0.15) is 0 Å². The van der Waals surface area contributed by atoms with Crippen LogP contribution >= 0.6 is 0 Å². The van der Waals surface area contributed by atoms with E-state index in [1.165, 1.54) is 123 Å². The van der Waals surface area contributed by atoms with Crippen LogP contribution in [-0.2, 0) is 4.74 Å². The van der Waals surface area contributed by atoms with Gasteiger partial charge in [0.15, 0.2) is 0 Å². The summed E-state index contributed by atoms with van der Waals surface area (Å²) in [5.41, 5.74) is 0. The van der Waals surface area contributed by atoms with Gasteiger partial charge in [0.25, 0.3) is 0 Å². The van der Waals surface area contributed by atoms with Crippen molar-refractivity contribution in [2.45, 2.75) is 128 Å². The molecule has 3 heteroatoms. The predicted molar refractivity (Wildman–Crippen MR) is 120 cm³/mol. The summed E-state index contributed by atoms with van der Waals surface area (Å²) in [7, 11) is 2.98. The fourth-order valence-electron chi connectivity index (χ4n) is 5.15. The molecular weight excluding hydrogens is 314 g/mol. The van der Waals surface area contributed by atoms with Crippen molar-refractivity contribution in [3.63, 3.8) is 0 Å². The van der Waals surface area contributed by atoms with Gasteiger partial charge in [-0.3, -0.25) is 0 Å². The third-order valence-corrected chi connectivity index (χ3v) is 7.19. The zero-order valence-electron chi connectivity index (χ0n) is 18.0. The predicted octanol–water partition coefficient (Wildman–Crippen LogP) is 6.66. The number of rotatable bonds is 3. The molecule has 1 nitrogen and oxygen atoms in total. The zero-order valence-corrected chi connectivity index (χ0v) is 18.0. The Balaban J connectivity index is 1.70. The van der Waals surface area contributed by atoms with Crippen molar-refractivity contribution in [2.24, 2.45) is 5.92 Å². The molecule has 1 saturated carbocycles. The monoisotopic (exact) mass is 360 g/mol. The van der Waals surface area contributed by atoms with Gasteiger partial charge in [-0.1, -0.05) is 115 Å². The lowest BCUT2D eigenvalue weighted by Gasteiger charge is -2.21. The molecule has 150 valence electrons. The van der Waals surface area contributed by atoms with Crippen molar-refractivity contribution >= 4 is 14.3 Å². The van der Waals surface area contributed by atoms with Crippen LogP contribution in [0.5, 0.6) is 0 Å². The third-order valence-electron chi connectivity index (χ3n) is 7.19. The van der Waals surface area contributed by atoms with E-state index in [2.05, 4.69) is 6.92 Å². The van der Waals surface area contributed by atoms with Gasteiger partial charge < -0.3 is 4.74 Å². The topological polar surface area (TPSA) is 9.23 Å². The van der Waals surface area contributed by atoms with Gasteiger partial charge in [0.05, 0.1) is 14.3 Å². The Morgan fingerprint density at radius 2 is 0.923 bits per heavy atom. The second-order valence-corrected chi connectivity index (χ2v) is 9.65. The molecule has 26 heavy (non-hydrogen) atoms. The highest BCUT2D eigenvalue weighted by atomic mass is 16.5. The molecule has 1 heterocycles. The minimum atomic E-state index is 0.863. The molecule has 0 N–H and O–H groups in total. The summed E-state index contributed by atoms with van der Waals surface area (Å²) >= 11 is 0. The standard InChI is InChI=1S/C23H46B2O/c1-21-13-9-8-12-16-23(18-20-26-19-17-21)25-24-22-14-10-6-4-2-3-5-7-11-15-22/h21-25H,2-20H2,1H3/t21?,23-/m0/s1. The van der Waals surface area contributed by atoms with Crippen LogP contribution in [0.25, 0.3) is 0 Å². The molecule has 0 amide bonds. The fourth-order valence-corrected chi connectivity index (χ4v) is 5.15. The largest absolute Gasteiger partial charge is 0.381 e. The number of hydrogen-bond acceptors (Lipinski definition) is 1. The molecule has 1 aliphatic heterocycles. The summed E-state index contributed by atoms with van der Waals surface area (Å²) in [5.74, 6) is 2.82. The van der Waals surface area contributed by atoms with Crippen molar-refractivity contribution in [3.8, 4) is 0 Å². The second kappa shape index (κ2) is 15.1. The average molecular weight is 360 g/mol. The SMILES string of the molecule is CC1CCCCC[C@H](BBC2CCCCCCCCCC2)CCOCC1. The summed E-state index contributed by atoms with van der Waals surface area (Å²) < 4.78 is 5.98. The molecule has 0 aromatic heterocycles. The molecule has 2 atom stereocenters. The molecule has 1 aliphatic carbocycles. The van der Waals surface area contributed by atoms with E-state index < -0.39 is 0 Å². The van der Waals surface area contributed by atoms with Gasteiger partial charge >= 0.3 is 0 Å². The molecule has 1 unspecified atom stereocenters. The molecule has 0 aromatic rings. The van der Waals surface area contributed by atoms with Crippen molar-refractivity contribution in [2.75, 3.05) is 13.2 Å². The maximum Gasteiger partial charge on any atom is 0.0909 e. The normalized spacial score (nSPS) is 29.6. The maximum absolute atomic E-state index is 5.98. The first-order valence-electron chi connectivity index (χ1n) is 12.4. The lowest BCUT2D eigenvalue weighted by atomic mass is 9.28. The summed E-state index contributed by atoms with van der Waals surface area (Å²) in [6, 6.07) is 0. The van der Waals surface area contributed by atoms with E-state index in [0.29, 0.717) is 0 Å². The van der Waals surface area contributed by atoms with Crippen LogP contribution in [0.3, 0.4) is 0 Å².